The molecule has 122 valence electrons. The third-order valence-electron chi connectivity index (χ3n) is 1.43. The highest BCUT2D eigenvalue weighted by Crippen LogP contribution is 2.08. The maximum absolute atomic E-state index is 11.4. The minimum absolute atomic E-state index is 0.163. The van der Waals surface area contributed by atoms with Crippen molar-refractivity contribution in [1.29, 1.82) is 0 Å². The SMILES string of the molecule is C=CN(CC(=O)OC(C)(C)C)C(=C)C.CC.CC.CC. The molecule has 0 N–H and O–H groups in total. The van der Waals surface area contributed by atoms with Crippen LogP contribution in [0.1, 0.15) is 69.2 Å². The van der Waals surface area contributed by atoms with Gasteiger partial charge in [0.1, 0.15) is 12.1 Å². The number of hydrogen-bond acceptors (Lipinski definition) is 3. The molecule has 0 aliphatic carbocycles. The average molecular weight is 287 g/mol. The van der Waals surface area contributed by atoms with Crippen molar-refractivity contribution < 1.29 is 9.53 Å². The summed E-state index contributed by atoms with van der Waals surface area (Å²) in [6.45, 7) is 26.8. The van der Waals surface area contributed by atoms with E-state index in [-0.39, 0.29) is 12.5 Å². The van der Waals surface area contributed by atoms with Crippen LogP contribution in [0, 0.1) is 0 Å². The van der Waals surface area contributed by atoms with Crippen molar-refractivity contribution in [3.8, 4) is 0 Å². The second-order valence-corrected chi connectivity index (χ2v) is 4.13. The third kappa shape index (κ3) is 22.0. The van der Waals surface area contributed by atoms with Gasteiger partial charge in [0.05, 0.1) is 0 Å². The van der Waals surface area contributed by atoms with Crippen LogP contribution in [0.3, 0.4) is 0 Å². The zero-order chi connectivity index (χ0) is 17.4. The Bertz CT molecular complexity index is 240. The molecule has 0 radical (unpaired) electrons. The van der Waals surface area contributed by atoms with Crippen LogP contribution < -0.4 is 0 Å². The molecule has 20 heavy (non-hydrogen) atoms. The Hall–Kier alpha value is -1.25. The summed E-state index contributed by atoms with van der Waals surface area (Å²) < 4.78 is 5.15. The fourth-order valence-corrected chi connectivity index (χ4v) is 0.868. The lowest BCUT2D eigenvalue weighted by atomic mass is 10.2. The summed E-state index contributed by atoms with van der Waals surface area (Å²) in [4.78, 5) is 13.0. The van der Waals surface area contributed by atoms with Crippen molar-refractivity contribution in [3.63, 3.8) is 0 Å². The van der Waals surface area contributed by atoms with Crippen LogP contribution in [0.4, 0.5) is 0 Å². The van der Waals surface area contributed by atoms with E-state index in [1.165, 1.54) is 0 Å². The predicted molar refractivity (Wildman–Crippen MR) is 91.6 cm³/mol. The smallest absolute Gasteiger partial charge is 0.326 e. The Labute approximate surface area is 127 Å². The zero-order valence-electron chi connectivity index (χ0n) is 15.5. The molecular weight excluding hydrogens is 250 g/mol. The molecule has 0 aromatic carbocycles. The van der Waals surface area contributed by atoms with Crippen molar-refractivity contribution in [3.05, 3.63) is 25.1 Å². The maximum atomic E-state index is 11.4. The Kier molecular flexibility index (Phi) is 24.1. The summed E-state index contributed by atoms with van der Waals surface area (Å²) in [6, 6.07) is 0. The highest BCUT2D eigenvalue weighted by molar-refractivity contribution is 5.72. The van der Waals surface area contributed by atoms with E-state index in [1.54, 1.807) is 11.1 Å². The van der Waals surface area contributed by atoms with E-state index in [4.69, 9.17) is 4.74 Å². The lowest BCUT2D eigenvalue weighted by molar-refractivity contribution is -0.155. The van der Waals surface area contributed by atoms with E-state index in [1.807, 2.05) is 69.2 Å². The minimum Gasteiger partial charge on any atom is -0.459 e. The van der Waals surface area contributed by atoms with Gasteiger partial charge in [0, 0.05) is 5.70 Å². The standard InChI is InChI=1S/C11H19NO2.3C2H6/c1-7-12(9(2)3)8-10(13)14-11(4,5)6;3*1-2/h7H,1-2,8H2,3-6H3;3*1-2H3. The Morgan fingerprint density at radius 3 is 1.65 bits per heavy atom. The molecule has 0 atom stereocenters. The molecule has 3 nitrogen and oxygen atoms in total. The van der Waals surface area contributed by atoms with Crippen LogP contribution in [0.2, 0.25) is 0 Å². The van der Waals surface area contributed by atoms with Crippen LogP contribution in [-0.4, -0.2) is 23.0 Å². The fraction of sp³-hybridized carbons (Fsp3) is 0.706. The van der Waals surface area contributed by atoms with Gasteiger partial charge in [-0.1, -0.05) is 54.7 Å². The molecule has 0 amide bonds. The van der Waals surface area contributed by atoms with Gasteiger partial charge in [0.2, 0.25) is 0 Å². The summed E-state index contributed by atoms with van der Waals surface area (Å²) >= 11 is 0. The topological polar surface area (TPSA) is 29.5 Å². The van der Waals surface area contributed by atoms with E-state index >= 15 is 0 Å². The van der Waals surface area contributed by atoms with Gasteiger partial charge in [-0.25, -0.2) is 0 Å². The molecule has 0 unspecified atom stereocenters. The summed E-state index contributed by atoms with van der Waals surface area (Å²) in [6.07, 6.45) is 1.56. The summed E-state index contributed by atoms with van der Waals surface area (Å²) in [5.74, 6) is -0.277. The first-order valence-electron chi connectivity index (χ1n) is 7.53. The van der Waals surface area contributed by atoms with Gasteiger partial charge in [-0.15, -0.1) is 0 Å². The van der Waals surface area contributed by atoms with Gasteiger partial charge < -0.3 is 9.64 Å². The quantitative estimate of drug-likeness (QED) is 0.650. The molecular formula is C17H37NO2. The first kappa shape index (κ1) is 27.2. The molecule has 0 rings (SSSR count). The molecule has 0 aromatic rings. The van der Waals surface area contributed by atoms with Gasteiger partial charge in [0.15, 0.2) is 0 Å². The molecule has 0 fully saturated rings. The number of hydrogen-bond donors (Lipinski definition) is 0. The summed E-state index contributed by atoms with van der Waals surface area (Å²) in [7, 11) is 0. The third-order valence-corrected chi connectivity index (χ3v) is 1.43. The normalized spacial score (nSPS) is 8.30. The summed E-state index contributed by atoms with van der Waals surface area (Å²) in [5.41, 5.74) is 0.324. The van der Waals surface area contributed by atoms with Crippen LogP contribution >= 0.6 is 0 Å². The number of carbonyl (C=O) groups is 1. The summed E-state index contributed by atoms with van der Waals surface area (Å²) in [5, 5.41) is 0. The highest BCUT2D eigenvalue weighted by Gasteiger charge is 2.17. The van der Waals surface area contributed by atoms with Crippen LogP contribution in [0.15, 0.2) is 25.1 Å². The molecule has 0 saturated heterocycles. The lowest BCUT2D eigenvalue weighted by Gasteiger charge is -2.23. The predicted octanol–water partition coefficient (Wildman–Crippen LogP) is 5.39. The van der Waals surface area contributed by atoms with Gasteiger partial charge in [0.25, 0.3) is 0 Å². The van der Waals surface area contributed by atoms with Crippen molar-refractivity contribution in [2.45, 2.75) is 74.8 Å². The van der Waals surface area contributed by atoms with E-state index in [0.29, 0.717) is 0 Å². The fourth-order valence-electron chi connectivity index (χ4n) is 0.868. The number of ether oxygens (including phenoxy) is 1. The number of esters is 1. The molecule has 0 aromatic heterocycles. The van der Waals surface area contributed by atoms with Gasteiger partial charge in [-0.05, 0) is 33.9 Å². The monoisotopic (exact) mass is 287 g/mol. The second-order valence-electron chi connectivity index (χ2n) is 4.13. The van der Waals surface area contributed by atoms with Crippen molar-refractivity contribution in [2.75, 3.05) is 6.54 Å². The van der Waals surface area contributed by atoms with Crippen molar-refractivity contribution in [1.82, 2.24) is 4.90 Å². The van der Waals surface area contributed by atoms with Crippen LogP contribution in [-0.2, 0) is 9.53 Å². The molecule has 0 saturated carbocycles. The second kappa shape index (κ2) is 17.8. The molecule has 0 aliphatic heterocycles. The minimum atomic E-state index is -0.445. The van der Waals surface area contributed by atoms with E-state index in [2.05, 4.69) is 13.2 Å². The van der Waals surface area contributed by atoms with E-state index in [9.17, 15) is 4.79 Å². The Morgan fingerprint density at radius 1 is 1.10 bits per heavy atom. The Morgan fingerprint density at radius 2 is 1.45 bits per heavy atom. The number of rotatable bonds is 4. The number of nitrogens with zero attached hydrogens (tertiary/aromatic N) is 1. The van der Waals surface area contributed by atoms with E-state index < -0.39 is 5.60 Å². The molecule has 3 heteroatoms. The number of allylic oxidation sites excluding steroid dienone is 1. The molecule has 0 spiro atoms. The zero-order valence-corrected chi connectivity index (χ0v) is 15.5. The maximum Gasteiger partial charge on any atom is 0.326 e. The average Bonchev–Trinajstić information content (AvgIpc) is 2.40. The highest BCUT2D eigenvalue weighted by atomic mass is 16.6. The largest absolute Gasteiger partial charge is 0.459 e. The van der Waals surface area contributed by atoms with Crippen LogP contribution in [0.5, 0.6) is 0 Å². The first-order valence-corrected chi connectivity index (χ1v) is 7.53. The lowest BCUT2D eigenvalue weighted by Crippen LogP contribution is -2.31. The number of carbonyl (C=O) groups excluding carboxylic acids is 1. The van der Waals surface area contributed by atoms with Gasteiger partial charge in [-0.3, -0.25) is 4.79 Å². The van der Waals surface area contributed by atoms with Gasteiger partial charge in [-0.2, -0.15) is 0 Å². The molecule has 0 bridgehead atoms. The first-order chi connectivity index (χ1) is 9.26. The molecule has 0 heterocycles. The Balaban J connectivity index is -0.000000187. The van der Waals surface area contributed by atoms with Crippen molar-refractivity contribution >= 4 is 5.97 Å². The molecule has 0 aliphatic rings. The van der Waals surface area contributed by atoms with Gasteiger partial charge >= 0.3 is 5.97 Å². The van der Waals surface area contributed by atoms with Crippen molar-refractivity contribution in [2.24, 2.45) is 0 Å². The van der Waals surface area contributed by atoms with Crippen LogP contribution in [0.25, 0.3) is 0 Å². The van der Waals surface area contributed by atoms with E-state index in [0.717, 1.165) is 5.70 Å².